The van der Waals surface area contributed by atoms with Crippen LogP contribution in [-0.4, -0.2) is 256 Å². The molecule has 6 heterocycles. The van der Waals surface area contributed by atoms with E-state index in [9.17, 15) is 75.7 Å². The van der Waals surface area contributed by atoms with Gasteiger partial charge in [0.15, 0.2) is 18.9 Å². The van der Waals surface area contributed by atoms with Gasteiger partial charge < -0.3 is 106 Å². The van der Waals surface area contributed by atoms with Crippen LogP contribution in [0.15, 0.2) is 36.8 Å². The van der Waals surface area contributed by atoms with E-state index in [1.54, 1.807) is 50.8 Å². The second kappa shape index (κ2) is 48.7. The largest absolute Gasteiger partial charge is 0.394 e. The summed E-state index contributed by atoms with van der Waals surface area (Å²) < 4.78 is 38.1. The third-order valence-corrected chi connectivity index (χ3v) is 19.5. The highest BCUT2D eigenvalue weighted by molar-refractivity contribution is 6.04. The molecule has 0 bridgehead atoms. The van der Waals surface area contributed by atoms with Crippen molar-refractivity contribution >= 4 is 17.7 Å². The van der Waals surface area contributed by atoms with E-state index in [0.717, 1.165) is 193 Å². The summed E-state index contributed by atoms with van der Waals surface area (Å²) >= 11 is 0. The van der Waals surface area contributed by atoms with Gasteiger partial charge in [0.1, 0.15) is 90.3 Å². The van der Waals surface area contributed by atoms with Gasteiger partial charge in [-0.05, 0) is 56.7 Å². The van der Waals surface area contributed by atoms with Gasteiger partial charge >= 0.3 is 0 Å². The number of aromatic nitrogens is 9. The Balaban J connectivity index is 0.728. The molecule has 0 radical (unpaired) electrons. The lowest BCUT2D eigenvalue weighted by molar-refractivity contribution is -0.304. The lowest BCUT2D eigenvalue weighted by Gasteiger charge is -2.39. The fourth-order valence-corrected chi connectivity index (χ4v) is 13.0. The Morgan fingerprint density at radius 1 is 0.324 bits per heavy atom. The summed E-state index contributed by atoms with van der Waals surface area (Å²) in [5, 5.41) is 153. The molecule has 7 rings (SSSR count). The van der Waals surface area contributed by atoms with E-state index in [-0.39, 0.29) is 54.2 Å². The average molecular weight is 1490 g/mol. The first-order chi connectivity index (χ1) is 51.0. The maximum absolute atomic E-state index is 13.6. The Kier molecular flexibility index (Phi) is 40.1. The molecule has 3 fully saturated rings. The molecular formula is C72H120N12O21. The zero-order chi connectivity index (χ0) is 75.1. The first-order valence-corrected chi connectivity index (χ1v) is 38.4. The monoisotopic (exact) mass is 1490 g/mol. The Morgan fingerprint density at radius 2 is 0.543 bits per heavy atom. The maximum atomic E-state index is 13.6. The van der Waals surface area contributed by atoms with Crippen LogP contribution < -0.4 is 16.0 Å². The number of rotatable bonds is 54. The molecule has 33 heteroatoms. The standard InChI is InChI=1S/C72H120N12O21/c85-43-55-58(88)61(91)64(94)70(103-55)100-46-52-40-82(79-76-52)34-28-22-16-10-4-1-7-13-19-25-31-73-67(97)49-37-50(68(98)74-32-26-20-14-8-2-5-11-17-23-29-35-83-41-53(77-80-83)47-101-71-65(95)62(92)59(89)56(44-86)104-71)39-51(38-49)69(99)75-33-27-21-15-9-3-6-12-18-24-30-36-84-42-54(78-81-84)48-102-72-66(96)63(93)60(90)57(45-87)105-72/h37-42,55-66,70-72,85-96H,1-36,43-48H2,(H,73,97)(H,74,98)(H,75,99)/t55-,56-,57-,58-,59-,60-,61+,62+,63+,64+,65+,66+,70+,71+,72+/m1/s1. The van der Waals surface area contributed by atoms with E-state index in [1.165, 1.54) is 0 Å². The van der Waals surface area contributed by atoms with Crippen molar-refractivity contribution in [3.63, 3.8) is 0 Å². The summed E-state index contributed by atoms with van der Waals surface area (Å²) in [4.78, 5) is 40.9. The van der Waals surface area contributed by atoms with E-state index in [0.29, 0.717) is 56.4 Å². The Labute approximate surface area is 614 Å². The molecule has 1 aromatic carbocycles. The summed E-state index contributed by atoms with van der Waals surface area (Å²) in [5.41, 5.74) is 2.32. The minimum atomic E-state index is -1.52. The third-order valence-electron chi connectivity index (χ3n) is 19.5. The van der Waals surface area contributed by atoms with Crippen molar-refractivity contribution < 1.29 is 104 Å². The molecule has 105 heavy (non-hydrogen) atoms. The highest BCUT2D eigenvalue weighted by Crippen LogP contribution is 2.27. The van der Waals surface area contributed by atoms with Crippen molar-refractivity contribution in [3.8, 4) is 0 Å². The molecule has 33 nitrogen and oxygen atoms in total. The van der Waals surface area contributed by atoms with Crippen LogP contribution >= 0.6 is 0 Å². The summed E-state index contributed by atoms with van der Waals surface area (Å²) in [5.74, 6) is -1.01. The predicted molar refractivity (Wildman–Crippen MR) is 378 cm³/mol. The van der Waals surface area contributed by atoms with Gasteiger partial charge in [-0.2, -0.15) is 0 Å². The molecule has 3 aliphatic heterocycles. The van der Waals surface area contributed by atoms with Crippen molar-refractivity contribution in [2.24, 2.45) is 0 Å². The topological polar surface area (TPSA) is 478 Å². The fraction of sp³-hybridized carbons (Fsp3) is 0.792. The summed E-state index contributed by atoms with van der Waals surface area (Å²) in [6.07, 6.45) is 16.1. The van der Waals surface area contributed by atoms with Gasteiger partial charge in [0.25, 0.3) is 17.7 Å². The SMILES string of the molecule is O=C(NCCCCCCCCCCCCn1cc(CO[C@H]2O[C@H](CO)[C@@H](O)[C@H](O)[C@@H]2O)nn1)c1cc(C(=O)NCCCCCCCCCCCCn2cc(CO[C@H]3O[C@H](CO)[C@@H](O)[C@H](O)[C@@H]3O)nn2)cc(C(=O)NCCCCCCCCCCCCn2cc(CO[C@H]3O[C@H](CO)[C@@H](O)[C@H](O)[C@@H]3O)nn2)c1. The van der Waals surface area contributed by atoms with E-state index in [4.69, 9.17) is 28.4 Å². The minimum absolute atomic E-state index is 0.0331. The molecule has 4 aromatic rings. The van der Waals surface area contributed by atoms with Gasteiger partial charge in [0.05, 0.1) is 58.2 Å². The number of nitrogens with one attached hydrogen (secondary N) is 3. The number of carbonyl (C=O) groups is 3. The molecule has 0 unspecified atom stereocenters. The number of hydrogen-bond acceptors (Lipinski definition) is 27. The lowest BCUT2D eigenvalue weighted by atomic mass is 9.99. The van der Waals surface area contributed by atoms with Crippen LogP contribution in [0.5, 0.6) is 0 Å². The summed E-state index contributed by atoms with van der Waals surface area (Å²) in [6.45, 7) is 1.75. The molecule has 0 saturated carbocycles. The Morgan fingerprint density at radius 3 is 0.771 bits per heavy atom. The number of benzene rings is 1. The zero-order valence-corrected chi connectivity index (χ0v) is 60.9. The molecule has 594 valence electrons. The molecular weight excluding hydrogens is 1370 g/mol. The number of carbonyl (C=O) groups excluding carboxylic acids is 3. The molecule has 0 aliphatic carbocycles. The number of unbranched alkanes of at least 4 members (excludes halogenated alkanes) is 27. The van der Waals surface area contributed by atoms with Crippen LogP contribution in [0.1, 0.15) is 241 Å². The predicted octanol–water partition coefficient (Wildman–Crippen LogP) is 2.40. The van der Waals surface area contributed by atoms with Crippen molar-refractivity contribution in [2.75, 3.05) is 39.5 Å². The van der Waals surface area contributed by atoms with Gasteiger partial charge in [-0.1, -0.05) is 170 Å². The van der Waals surface area contributed by atoms with E-state index in [2.05, 4.69) is 46.9 Å². The van der Waals surface area contributed by atoms with Crippen LogP contribution in [-0.2, 0) is 67.9 Å². The van der Waals surface area contributed by atoms with Crippen molar-refractivity contribution in [1.82, 2.24) is 60.9 Å². The van der Waals surface area contributed by atoms with Gasteiger partial charge in [0.2, 0.25) is 0 Å². The van der Waals surface area contributed by atoms with E-state index < -0.39 is 112 Å². The van der Waals surface area contributed by atoms with Crippen LogP contribution in [0.4, 0.5) is 0 Å². The second-order valence-corrected chi connectivity index (χ2v) is 28.1. The Bertz CT molecular complexity index is 2710. The number of amides is 3. The van der Waals surface area contributed by atoms with E-state index >= 15 is 0 Å². The van der Waals surface area contributed by atoms with Gasteiger partial charge in [-0.3, -0.25) is 28.4 Å². The van der Waals surface area contributed by atoms with Crippen LogP contribution in [0.3, 0.4) is 0 Å². The molecule has 15 N–H and O–H groups in total. The highest BCUT2D eigenvalue weighted by atomic mass is 16.7. The van der Waals surface area contributed by atoms with Gasteiger partial charge in [-0.25, -0.2) is 0 Å². The normalized spacial score (nSPS) is 24.9. The first-order valence-electron chi connectivity index (χ1n) is 38.4. The molecule has 15 atom stereocenters. The van der Waals surface area contributed by atoms with Crippen molar-refractivity contribution in [1.29, 1.82) is 0 Å². The van der Waals surface area contributed by atoms with Crippen LogP contribution in [0.25, 0.3) is 0 Å². The quantitative estimate of drug-likeness (QED) is 0.0282. The van der Waals surface area contributed by atoms with E-state index in [1.807, 2.05) is 0 Å². The molecule has 0 spiro atoms. The summed E-state index contributed by atoms with van der Waals surface area (Å²) in [6, 6.07) is 4.69. The number of aliphatic hydroxyl groups excluding tert-OH is 12. The smallest absolute Gasteiger partial charge is 0.251 e. The van der Waals surface area contributed by atoms with Gasteiger partial charge in [-0.15, -0.1) is 15.3 Å². The number of ether oxygens (including phenoxy) is 6. The number of nitrogens with zero attached hydrogens (tertiary/aromatic N) is 9. The minimum Gasteiger partial charge on any atom is -0.394 e. The molecule has 3 aliphatic rings. The highest BCUT2D eigenvalue weighted by Gasteiger charge is 2.46. The Hall–Kier alpha value is -5.67. The third kappa shape index (κ3) is 30.0. The molecule has 3 amide bonds. The van der Waals surface area contributed by atoms with Crippen molar-refractivity contribution in [3.05, 3.63) is 70.6 Å². The van der Waals surface area contributed by atoms with Crippen LogP contribution in [0.2, 0.25) is 0 Å². The second-order valence-electron chi connectivity index (χ2n) is 28.1. The number of aryl methyl sites for hydroxylation is 3. The molecule has 3 saturated heterocycles. The maximum Gasteiger partial charge on any atom is 0.251 e. The van der Waals surface area contributed by atoms with Crippen LogP contribution in [0, 0.1) is 0 Å². The molecule has 3 aromatic heterocycles. The average Bonchev–Trinajstić information content (AvgIpc) is 1.65. The van der Waals surface area contributed by atoms with Crippen molar-refractivity contribution in [2.45, 2.75) is 324 Å². The zero-order valence-electron chi connectivity index (χ0n) is 60.9. The first kappa shape index (κ1) is 86.6. The number of aliphatic hydroxyl groups is 12. The van der Waals surface area contributed by atoms with Gasteiger partial charge in [0, 0.05) is 56.0 Å². The fourth-order valence-electron chi connectivity index (χ4n) is 13.0. The summed E-state index contributed by atoms with van der Waals surface area (Å²) in [7, 11) is 0. The lowest BCUT2D eigenvalue weighted by Crippen LogP contribution is -2.59. The number of hydrogen-bond donors (Lipinski definition) is 15.